The Bertz CT molecular complexity index is 135. The predicted molar refractivity (Wildman–Crippen MR) is 64.2 cm³/mol. The molecule has 0 saturated heterocycles. The first-order valence-electron chi connectivity index (χ1n) is 4.29. The van der Waals surface area contributed by atoms with Crippen LogP contribution < -0.4 is 0 Å². The minimum absolute atomic E-state index is 0.518. The van der Waals surface area contributed by atoms with Gasteiger partial charge in [0.25, 0.3) is 0 Å². The third-order valence-electron chi connectivity index (χ3n) is 0.872. The highest BCUT2D eigenvalue weighted by atomic mass is 79.9. The largest absolute Gasteiger partial charge is 0.366 e. The molecule has 1 N–H and O–H groups in total. The zero-order valence-electron chi connectivity index (χ0n) is 8.60. The Labute approximate surface area is 97.6 Å². The van der Waals surface area contributed by atoms with E-state index in [9.17, 15) is 0 Å². The molecule has 0 aliphatic rings. The van der Waals surface area contributed by atoms with Crippen LogP contribution in [0.1, 0.15) is 34.1 Å². The lowest BCUT2D eigenvalue weighted by Gasteiger charge is -2.17. The molecule has 0 spiro atoms. The lowest BCUT2D eigenvalue weighted by molar-refractivity contribution is -0.174. The molecule has 4 heteroatoms. The van der Waals surface area contributed by atoms with E-state index in [1.54, 1.807) is 13.8 Å². The molecule has 0 aromatic carbocycles. The van der Waals surface area contributed by atoms with E-state index in [1.165, 1.54) is 0 Å². The third kappa shape index (κ3) is 19.2. The van der Waals surface area contributed by atoms with Gasteiger partial charge in [-0.1, -0.05) is 19.9 Å². The van der Waals surface area contributed by atoms with Crippen LogP contribution in [-0.4, -0.2) is 17.5 Å². The van der Waals surface area contributed by atoms with Crippen LogP contribution in [-0.2, 0) is 4.74 Å². The molecule has 0 amide bonds. The van der Waals surface area contributed by atoms with Crippen molar-refractivity contribution in [1.29, 1.82) is 0 Å². The Morgan fingerprint density at radius 1 is 1.38 bits per heavy atom. The van der Waals surface area contributed by atoms with Crippen LogP contribution in [0.3, 0.4) is 0 Å². The quantitative estimate of drug-likeness (QED) is 0.631. The zero-order valence-corrected chi connectivity index (χ0v) is 11.8. The molecule has 0 aromatic heterocycles. The van der Waals surface area contributed by atoms with Gasteiger partial charge in [0.15, 0.2) is 5.79 Å². The van der Waals surface area contributed by atoms with E-state index in [4.69, 9.17) is 9.84 Å². The Morgan fingerprint density at radius 2 is 1.85 bits per heavy atom. The second kappa shape index (κ2) is 9.19. The minimum Gasteiger partial charge on any atom is -0.366 e. The molecular weight excluding hydrogens is 300 g/mol. The molecule has 0 aliphatic carbocycles. The summed E-state index contributed by atoms with van der Waals surface area (Å²) < 4.78 is 5.96. The monoisotopic (exact) mass is 316 g/mol. The van der Waals surface area contributed by atoms with Crippen molar-refractivity contribution in [3.05, 3.63) is 9.47 Å². The van der Waals surface area contributed by atoms with Crippen molar-refractivity contribution in [3.63, 3.8) is 0 Å². The lowest BCUT2D eigenvalue weighted by Crippen LogP contribution is -2.23. The highest BCUT2D eigenvalue weighted by Gasteiger charge is 2.10. The molecule has 80 valence electrons. The second-order valence-electron chi connectivity index (χ2n) is 2.58. The second-order valence-corrected chi connectivity index (χ2v) is 5.35. The molecule has 0 heterocycles. The Kier molecular flexibility index (Phi) is 11.4. The first-order valence-corrected chi connectivity index (χ1v) is 5.88. The molecule has 0 atom stereocenters. The van der Waals surface area contributed by atoms with E-state index in [0.717, 1.165) is 9.81 Å². The summed E-state index contributed by atoms with van der Waals surface area (Å²) in [7, 11) is 0. The van der Waals surface area contributed by atoms with E-state index in [1.807, 2.05) is 19.9 Å². The Morgan fingerprint density at radius 3 is 2.15 bits per heavy atom. The van der Waals surface area contributed by atoms with Gasteiger partial charge < -0.3 is 9.84 Å². The number of ether oxygens (including phenoxy) is 1. The summed E-state index contributed by atoms with van der Waals surface area (Å²) in [5.41, 5.74) is 0. The third-order valence-corrected chi connectivity index (χ3v) is 1.52. The zero-order chi connectivity index (χ0) is 10.9. The molecule has 0 saturated carbocycles. The predicted octanol–water partition coefficient (Wildman–Crippen LogP) is 3.78. The number of hydrogen-bond acceptors (Lipinski definition) is 2. The molecule has 0 aliphatic heterocycles. The van der Waals surface area contributed by atoms with Gasteiger partial charge in [-0.05, 0) is 52.1 Å². The van der Waals surface area contributed by atoms with E-state index in [-0.39, 0.29) is 0 Å². The Balaban J connectivity index is 0. The summed E-state index contributed by atoms with van der Waals surface area (Å²) in [6.07, 6.45) is 2.70. The minimum atomic E-state index is -1.02. The molecule has 0 unspecified atom stereocenters. The molecule has 0 radical (unpaired) electrons. The van der Waals surface area contributed by atoms with Crippen molar-refractivity contribution in [2.75, 3.05) is 6.61 Å². The SMILES string of the molecule is CC.CC(C)(O)OCCC=C(Br)Br. The number of rotatable bonds is 4. The van der Waals surface area contributed by atoms with Crippen molar-refractivity contribution in [2.24, 2.45) is 0 Å². The van der Waals surface area contributed by atoms with Crippen LogP contribution in [0.15, 0.2) is 9.47 Å². The lowest BCUT2D eigenvalue weighted by atomic mass is 10.4. The van der Waals surface area contributed by atoms with Crippen LogP contribution >= 0.6 is 31.9 Å². The van der Waals surface area contributed by atoms with Gasteiger partial charge in [-0.15, -0.1) is 0 Å². The highest BCUT2D eigenvalue weighted by Crippen LogP contribution is 2.14. The topological polar surface area (TPSA) is 29.5 Å². The standard InChI is InChI=1S/C7H12Br2O2.C2H6/c1-7(2,10)11-5-3-4-6(8)9;1-2/h4,10H,3,5H2,1-2H3;1-2H3. The van der Waals surface area contributed by atoms with Gasteiger partial charge in [-0.25, -0.2) is 0 Å². The summed E-state index contributed by atoms with van der Waals surface area (Å²) in [5.74, 6) is -1.02. The fourth-order valence-electron chi connectivity index (χ4n) is 0.477. The Hall–Kier alpha value is 0.620. The summed E-state index contributed by atoms with van der Waals surface area (Å²) >= 11 is 6.43. The molecular formula is C9H18Br2O2. The highest BCUT2D eigenvalue weighted by molar-refractivity contribution is 9.28. The number of hydrogen-bond donors (Lipinski definition) is 1. The van der Waals surface area contributed by atoms with E-state index in [0.29, 0.717) is 6.61 Å². The smallest absolute Gasteiger partial charge is 0.159 e. The summed E-state index contributed by atoms with van der Waals surface area (Å²) in [6, 6.07) is 0. The van der Waals surface area contributed by atoms with Crippen molar-refractivity contribution in [2.45, 2.75) is 39.9 Å². The molecule has 2 nitrogen and oxygen atoms in total. The molecule has 0 bridgehead atoms. The van der Waals surface area contributed by atoms with Crippen LogP contribution in [0.25, 0.3) is 0 Å². The van der Waals surface area contributed by atoms with Crippen molar-refractivity contribution in [3.8, 4) is 0 Å². The van der Waals surface area contributed by atoms with E-state index < -0.39 is 5.79 Å². The van der Waals surface area contributed by atoms with Gasteiger partial charge in [0.05, 0.1) is 10.00 Å². The molecule has 0 fully saturated rings. The van der Waals surface area contributed by atoms with Crippen LogP contribution in [0.4, 0.5) is 0 Å². The number of halogens is 2. The van der Waals surface area contributed by atoms with E-state index in [2.05, 4.69) is 31.9 Å². The normalized spacial score (nSPS) is 10.1. The summed E-state index contributed by atoms with van der Waals surface area (Å²) in [6.45, 7) is 7.74. The molecule has 0 aromatic rings. The number of aliphatic hydroxyl groups is 1. The van der Waals surface area contributed by atoms with Gasteiger partial charge >= 0.3 is 0 Å². The van der Waals surface area contributed by atoms with Crippen molar-refractivity contribution < 1.29 is 9.84 Å². The van der Waals surface area contributed by atoms with Gasteiger partial charge in [0.2, 0.25) is 0 Å². The van der Waals surface area contributed by atoms with Gasteiger partial charge in [0.1, 0.15) is 0 Å². The van der Waals surface area contributed by atoms with Crippen LogP contribution in [0.2, 0.25) is 0 Å². The summed E-state index contributed by atoms with van der Waals surface area (Å²) in [4.78, 5) is 0. The van der Waals surface area contributed by atoms with Gasteiger partial charge in [-0.2, -0.15) is 0 Å². The van der Waals surface area contributed by atoms with Gasteiger partial charge in [-0.3, -0.25) is 0 Å². The van der Waals surface area contributed by atoms with Crippen LogP contribution in [0.5, 0.6) is 0 Å². The maximum Gasteiger partial charge on any atom is 0.159 e. The fourth-order valence-corrected chi connectivity index (χ4v) is 0.935. The van der Waals surface area contributed by atoms with Crippen molar-refractivity contribution >= 4 is 31.9 Å². The maximum atomic E-state index is 9.12. The first-order chi connectivity index (χ1) is 5.92. The van der Waals surface area contributed by atoms with E-state index >= 15 is 0 Å². The average molecular weight is 318 g/mol. The van der Waals surface area contributed by atoms with Crippen molar-refractivity contribution in [1.82, 2.24) is 0 Å². The first kappa shape index (κ1) is 16.1. The average Bonchev–Trinajstić information content (AvgIpc) is 2.00. The molecule has 0 rings (SSSR count). The van der Waals surface area contributed by atoms with Crippen LogP contribution in [0, 0.1) is 0 Å². The maximum absolute atomic E-state index is 9.12. The molecule has 13 heavy (non-hydrogen) atoms. The van der Waals surface area contributed by atoms with Gasteiger partial charge in [0, 0.05) is 0 Å². The summed E-state index contributed by atoms with van der Waals surface area (Å²) in [5, 5.41) is 9.12. The fraction of sp³-hybridized carbons (Fsp3) is 0.778.